The lowest BCUT2D eigenvalue weighted by molar-refractivity contribution is 0.240. The SMILES string of the molecule is Cc1ccc(N2CCN(Cc3ncnn3C)CC2)nn1. The summed E-state index contributed by atoms with van der Waals surface area (Å²) in [5, 5.41) is 12.5. The first-order valence-corrected chi connectivity index (χ1v) is 6.83. The Morgan fingerprint density at radius 2 is 1.90 bits per heavy atom. The summed E-state index contributed by atoms with van der Waals surface area (Å²) in [6.07, 6.45) is 1.60. The number of anilines is 1. The van der Waals surface area contributed by atoms with Crippen molar-refractivity contribution in [3.05, 3.63) is 30.0 Å². The van der Waals surface area contributed by atoms with E-state index in [4.69, 9.17) is 0 Å². The number of hydrogen-bond donors (Lipinski definition) is 0. The van der Waals surface area contributed by atoms with Gasteiger partial charge in [-0.2, -0.15) is 10.2 Å². The molecule has 3 rings (SSSR count). The van der Waals surface area contributed by atoms with Crippen LogP contribution < -0.4 is 4.90 Å². The van der Waals surface area contributed by atoms with Gasteiger partial charge in [0, 0.05) is 33.2 Å². The molecule has 2 aromatic heterocycles. The molecule has 0 N–H and O–H groups in total. The van der Waals surface area contributed by atoms with E-state index in [1.807, 2.05) is 30.8 Å². The fraction of sp³-hybridized carbons (Fsp3) is 0.538. The third kappa shape index (κ3) is 2.77. The van der Waals surface area contributed by atoms with Crippen LogP contribution in [0.2, 0.25) is 0 Å². The maximum atomic E-state index is 4.27. The van der Waals surface area contributed by atoms with Crippen molar-refractivity contribution < 1.29 is 0 Å². The van der Waals surface area contributed by atoms with Crippen molar-refractivity contribution in [1.82, 2.24) is 29.9 Å². The molecule has 0 aliphatic carbocycles. The fourth-order valence-electron chi connectivity index (χ4n) is 2.36. The number of aryl methyl sites for hydroxylation is 2. The molecule has 1 aliphatic heterocycles. The molecule has 1 saturated heterocycles. The van der Waals surface area contributed by atoms with Gasteiger partial charge in [-0.25, -0.2) is 4.98 Å². The van der Waals surface area contributed by atoms with Gasteiger partial charge in [-0.05, 0) is 19.1 Å². The zero-order valence-electron chi connectivity index (χ0n) is 11.9. The summed E-state index contributed by atoms with van der Waals surface area (Å²) in [4.78, 5) is 8.94. The summed E-state index contributed by atoms with van der Waals surface area (Å²) in [5.74, 6) is 1.97. The molecule has 0 radical (unpaired) electrons. The lowest BCUT2D eigenvalue weighted by atomic mass is 10.3. The van der Waals surface area contributed by atoms with Crippen LogP contribution in [-0.4, -0.2) is 56.0 Å². The molecule has 20 heavy (non-hydrogen) atoms. The first kappa shape index (κ1) is 13.0. The average molecular weight is 273 g/mol. The zero-order valence-corrected chi connectivity index (χ0v) is 11.9. The van der Waals surface area contributed by atoms with Crippen LogP contribution in [0.4, 0.5) is 5.82 Å². The largest absolute Gasteiger partial charge is 0.353 e. The van der Waals surface area contributed by atoms with Gasteiger partial charge in [-0.1, -0.05) is 0 Å². The zero-order chi connectivity index (χ0) is 13.9. The summed E-state index contributed by atoms with van der Waals surface area (Å²) in [7, 11) is 1.93. The highest BCUT2D eigenvalue weighted by atomic mass is 15.4. The van der Waals surface area contributed by atoms with Gasteiger partial charge in [0.25, 0.3) is 0 Å². The number of nitrogens with zero attached hydrogens (tertiary/aromatic N) is 7. The number of piperazine rings is 1. The predicted octanol–water partition coefficient (Wildman–Crippen LogP) is 0.236. The van der Waals surface area contributed by atoms with Crippen LogP contribution in [0.5, 0.6) is 0 Å². The highest BCUT2D eigenvalue weighted by Crippen LogP contribution is 2.13. The molecule has 2 aromatic rings. The van der Waals surface area contributed by atoms with Crippen LogP contribution in [0.25, 0.3) is 0 Å². The van der Waals surface area contributed by atoms with E-state index in [1.54, 1.807) is 6.33 Å². The molecule has 0 atom stereocenters. The lowest BCUT2D eigenvalue weighted by Gasteiger charge is -2.34. The fourth-order valence-corrected chi connectivity index (χ4v) is 2.36. The Bertz CT molecular complexity index is 554. The van der Waals surface area contributed by atoms with E-state index in [0.29, 0.717) is 0 Å². The summed E-state index contributed by atoms with van der Waals surface area (Å²) in [6.45, 7) is 6.75. The van der Waals surface area contributed by atoms with Gasteiger partial charge in [-0.3, -0.25) is 9.58 Å². The van der Waals surface area contributed by atoms with Crippen molar-refractivity contribution in [3.8, 4) is 0 Å². The Kier molecular flexibility index (Phi) is 3.60. The normalized spacial score (nSPS) is 16.6. The van der Waals surface area contributed by atoms with E-state index in [1.165, 1.54) is 0 Å². The van der Waals surface area contributed by atoms with Crippen molar-refractivity contribution in [2.45, 2.75) is 13.5 Å². The molecular formula is C13H19N7. The molecule has 0 spiro atoms. The average Bonchev–Trinajstić information content (AvgIpc) is 2.86. The summed E-state index contributed by atoms with van der Waals surface area (Å²) in [6, 6.07) is 4.05. The summed E-state index contributed by atoms with van der Waals surface area (Å²) >= 11 is 0. The number of aromatic nitrogens is 5. The second-order valence-corrected chi connectivity index (χ2v) is 5.10. The topological polar surface area (TPSA) is 63.0 Å². The molecular weight excluding hydrogens is 254 g/mol. The second kappa shape index (κ2) is 5.54. The molecule has 0 bridgehead atoms. The molecule has 0 amide bonds. The Morgan fingerprint density at radius 1 is 1.10 bits per heavy atom. The second-order valence-electron chi connectivity index (χ2n) is 5.10. The Labute approximate surface area is 118 Å². The van der Waals surface area contributed by atoms with Crippen LogP contribution >= 0.6 is 0 Å². The lowest BCUT2D eigenvalue weighted by Crippen LogP contribution is -2.46. The Morgan fingerprint density at radius 3 is 2.50 bits per heavy atom. The molecule has 1 aliphatic rings. The molecule has 7 nitrogen and oxygen atoms in total. The molecule has 106 valence electrons. The van der Waals surface area contributed by atoms with Gasteiger partial charge in [0.15, 0.2) is 5.82 Å². The highest BCUT2D eigenvalue weighted by molar-refractivity contribution is 5.37. The summed E-state index contributed by atoms with van der Waals surface area (Å²) in [5.41, 5.74) is 0.953. The highest BCUT2D eigenvalue weighted by Gasteiger charge is 2.19. The van der Waals surface area contributed by atoms with Gasteiger partial charge in [0.1, 0.15) is 12.2 Å². The minimum Gasteiger partial charge on any atom is -0.353 e. The smallest absolute Gasteiger partial charge is 0.151 e. The van der Waals surface area contributed by atoms with Crippen molar-refractivity contribution >= 4 is 5.82 Å². The Balaban J connectivity index is 1.57. The maximum Gasteiger partial charge on any atom is 0.151 e. The molecule has 3 heterocycles. The number of rotatable bonds is 3. The molecule has 1 fully saturated rings. The molecule has 0 aromatic carbocycles. The number of hydrogen-bond acceptors (Lipinski definition) is 6. The van der Waals surface area contributed by atoms with E-state index in [2.05, 4.69) is 30.1 Å². The van der Waals surface area contributed by atoms with Crippen molar-refractivity contribution in [2.75, 3.05) is 31.1 Å². The molecule has 0 saturated carbocycles. The third-order valence-corrected chi connectivity index (χ3v) is 3.65. The summed E-state index contributed by atoms with van der Waals surface area (Å²) < 4.78 is 1.83. The van der Waals surface area contributed by atoms with Crippen molar-refractivity contribution in [1.29, 1.82) is 0 Å². The monoisotopic (exact) mass is 273 g/mol. The van der Waals surface area contributed by atoms with Crippen molar-refractivity contribution in [3.63, 3.8) is 0 Å². The van der Waals surface area contributed by atoms with E-state index < -0.39 is 0 Å². The van der Waals surface area contributed by atoms with E-state index in [9.17, 15) is 0 Å². The first-order chi connectivity index (χ1) is 9.72. The minimum absolute atomic E-state index is 0.851. The van der Waals surface area contributed by atoms with Crippen LogP contribution in [0.3, 0.4) is 0 Å². The van der Waals surface area contributed by atoms with E-state index in [0.717, 1.165) is 50.1 Å². The minimum atomic E-state index is 0.851. The quantitative estimate of drug-likeness (QED) is 0.798. The standard InChI is InChI=1S/C13H19N7/c1-11-3-4-12(17-16-11)20-7-5-19(6-8-20)9-13-14-10-15-18(13)2/h3-4,10H,5-9H2,1-2H3. The molecule has 7 heteroatoms. The van der Waals surface area contributed by atoms with E-state index in [-0.39, 0.29) is 0 Å². The maximum absolute atomic E-state index is 4.27. The predicted molar refractivity (Wildman–Crippen MR) is 75.3 cm³/mol. The van der Waals surface area contributed by atoms with Crippen LogP contribution in [0.1, 0.15) is 11.5 Å². The van der Waals surface area contributed by atoms with Gasteiger partial charge in [0.2, 0.25) is 0 Å². The third-order valence-electron chi connectivity index (χ3n) is 3.65. The van der Waals surface area contributed by atoms with E-state index >= 15 is 0 Å². The van der Waals surface area contributed by atoms with Gasteiger partial charge in [0.05, 0.1) is 12.2 Å². The van der Waals surface area contributed by atoms with Crippen LogP contribution in [0, 0.1) is 6.92 Å². The molecule has 0 unspecified atom stereocenters. The van der Waals surface area contributed by atoms with Gasteiger partial charge in [-0.15, -0.1) is 5.10 Å². The van der Waals surface area contributed by atoms with Crippen LogP contribution in [0.15, 0.2) is 18.5 Å². The first-order valence-electron chi connectivity index (χ1n) is 6.83. The van der Waals surface area contributed by atoms with Crippen LogP contribution in [-0.2, 0) is 13.6 Å². The Hall–Kier alpha value is -2.02. The van der Waals surface area contributed by atoms with Gasteiger partial charge < -0.3 is 4.90 Å². The van der Waals surface area contributed by atoms with Gasteiger partial charge >= 0.3 is 0 Å². The van der Waals surface area contributed by atoms with Crippen molar-refractivity contribution in [2.24, 2.45) is 7.05 Å².